The van der Waals surface area contributed by atoms with E-state index in [-0.39, 0.29) is 12.4 Å². The summed E-state index contributed by atoms with van der Waals surface area (Å²) in [6.07, 6.45) is 2.10. The highest BCUT2D eigenvalue weighted by Crippen LogP contribution is 2.09. The van der Waals surface area contributed by atoms with Gasteiger partial charge in [-0.1, -0.05) is 0 Å². The van der Waals surface area contributed by atoms with Crippen LogP contribution in [0.4, 0.5) is 0 Å². The lowest BCUT2D eigenvalue weighted by atomic mass is 10.3. The fourth-order valence-corrected chi connectivity index (χ4v) is 1.00. The van der Waals surface area contributed by atoms with Gasteiger partial charge >= 0.3 is 0 Å². The fraction of sp³-hybridized carbons (Fsp3) is 0.714. The highest BCUT2D eigenvalue weighted by Gasteiger charge is 2.20. The summed E-state index contributed by atoms with van der Waals surface area (Å²) < 4.78 is 0. The molecule has 0 bridgehead atoms. The zero-order valence-electron chi connectivity index (χ0n) is 7.21. The van der Waals surface area contributed by atoms with Crippen molar-refractivity contribution in [2.75, 3.05) is 13.7 Å². The molecule has 0 radical (unpaired) electrons. The van der Waals surface area contributed by atoms with Gasteiger partial charge in [0.15, 0.2) is 6.23 Å². The molecule has 0 saturated carbocycles. The van der Waals surface area contributed by atoms with Crippen molar-refractivity contribution in [1.82, 2.24) is 9.80 Å². The quantitative estimate of drug-likeness (QED) is 0.639. The molecule has 4 nitrogen and oxygen atoms in total. The van der Waals surface area contributed by atoms with Crippen LogP contribution in [-0.2, 0) is 0 Å². The van der Waals surface area contributed by atoms with Crippen LogP contribution in [0.3, 0.4) is 0 Å². The molecular formula is C7H15ClN2O2. The minimum atomic E-state index is -0.795. The van der Waals surface area contributed by atoms with Crippen molar-refractivity contribution in [2.45, 2.75) is 19.3 Å². The van der Waals surface area contributed by atoms with E-state index in [0.717, 1.165) is 0 Å². The Hall–Kier alpha value is -0.450. The topological polar surface area (TPSA) is 46.9 Å². The molecule has 0 spiro atoms. The van der Waals surface area contributed by atoms with Crippen LogP contribution in [0.1, 0.15) is 6.92 Å². The minimum Gasteiger partial charge on any atom is -0.389 e. The number of hydrogen-bond acceptors (Lipinski definition) is 4. The molecule has 1 heterocycles. The Morgan fingerprint density at radius 2 is 1.92 bits per heavy atom. The van der Waals surface area contributed by atoms with E-state index in [1.54, 1.807) is 18.0 Å². The fourth-order valence-electron chi connectivity index (χ4n) is 1.00. The van der Waals surface area contributed by atoms with Crippen LogP contribution >= 0.6 is 12.4 Å². The minimum absolute atomic E-state index is 0. The molecule has 0 aliphatic carbocycles. The van der Waals surface area contributed by atoms with E-state index in [0.29, 0.717) is 6.67 Å². The smallest absolute Gasteiger partial charge is 0.153 e. The summed E-state index contributed by atoms with van der Waals surface area (Å²) in [6.45, 7) is 2.20. The second kappa shape index (κ2) is 4.54. The summed E-state index contributed by atoms with van der Waals surface area (Å²) in [5, 5.41) is 18.4. The molecular weight excluding hydrogens is 180 g/mol. The number of rotatable bonds is 2. The van der Waals surface area contributed by atoms with Gasteiger partial charge in [-0.2, -0.15) is 0 Å². The van der Waals surface area contributed by atoms with Gasteiger partial charge in [-0.25, -0.2) is 0 Å². The molecule has 1 unspecified atom stereocenters. The maximum Gasteiger partial charge on any atom is 0.153 e. The van der Waals surface area contributed by atoms with Gasteiger partial charge in [-0.15, -0.1) is 12.4 Å². The van der Waals surface area contributed by atoms with Gasteiger partial charge in [0, 0.05) is 19.4 Å². The third-order valence-corrected chi connectivity index (χ3v) is 1.67. The van der Waals surface area contributed by atoms with E-state index in [1.165, 1.54) is 0 Å². The van der Waals surface area contributed by atoms with Gasteiger partial charge in [-0.05, 0) is 6.92 Å². The summed E-state index contributed by atoms with van der Waals surface area (Å²) in [4.78, 5) is 3.59. The first-order valence-corrected chi connectivity index (χ1v) is 3.61. The van der Waals surface area contributed by atoms with Crippen molar-refractivity contribution in [2.24, 2.45) is 0 Å². The Morgan fingerprint density at radius 3 is 2.25 bits per heavy atom. The third-order valence-electron chi connectivity index (χ3n) is 1.67. The molecule has 2 N–H and O–H groups in total. The van der Waals surface area contributed by atoms with Gasteiger partial charge in [0.25, 0.3) is 0 Å². The average molecular weight is 195 g/mol. The van der Waals surface area contributed by atoms with Gasteiger partial charge in [0.1, 0.15) is 0 Å². The lowest BCUT2D eigenvalue weighted by Gasteiger charge is -2.25. The summed E-state index contributed by atoms with van der Waals surface area (Å²) in [5.41, 5.74) is 0. The van der Waals surface area contributed by atoms with Crippen LogP contribution in [-0.4, -0.2) is 46.1 Å². The Morgan fingerprint density at radius 1 is 1.33 bits per heavy atom. The zero-order chi connectivity index (χ0) is 8.43. The average Bonchev–Trinajstić information content (AvgIpc) is 2.34. The van der Waals surface area contributed by atoms with Crippen LogP contribution < -0.4 is 0 Å². The van der Waals surface area contributed by atoms with E-state index < -0.39 is 12.3 Å². The second-order valence-corrected chi connectivity index (χ2v) is 2.87. The molecule has 0 aromatic heterocycles. The normalized spacial score (nSPS) is 20.7. The maximum atomic E-state index is 9.34. The predicted molar refractivity (Wildman–Crippen MR) is 48.5 cm³/mol. The molecule has 0 aromatic carbocycles. The maximum absolute atomic E-state index is 9.34. The number of halogens is 1. The summed E-state index contributed by atoms with van der Waals surface area (Å²) in [5.74, 6) is 0. The molecule has 5 heteroatoms. The highest BCUT2D eigenvalue weighted by molar-refractivity contribution is 5.85. The number of aliphatic hydroxyl groups is 2. The first-order chi connectivity index (χ1) is 5.11. The van der Waals surface area contributed by atoms with Crippen molar-refractivity contribution < 1.29 is 10.2 Å². The number of hydrogen-bond donors (Lipinski definition) is 2. The monoisotopic (exact) mass is 194 g/mol. The van der Waals surface area contributed by atoms with Crippen molar-refractivity contribution in [3.8, 4) is 0 Å². The largest absolute Gasteiger partial charge is 0.389 e. The number of aliphatic hydroxyl groups excluding tert-OH is 2. The van der Waals surface area contributed by atoms with Crippen LogP contribution in [0, 0.1) is 0 Å². The van der Waals surface area contributed by atoms with E-state index in [4.69, 9.17) is 5.11 Å². The molecule has 1 aliphatic heterocycles. The Labute approximate surface area is 78.5 Å². The second-order valence-electron chi connectivity index (χ2n) is 2.87. The van der Waals surface area contributed by atoms with Crippen molar-refractivity contribution in [3.63, 3.8) is 0 Å². The summed E-state index contributed by atoms with van der Waals surface area (Å²) >= 11 is 0. The summed E-state index contributed by atoms with van der Waals surface area (Å²) in [6, 6.07) is 0. The standard InChI is InChI=1S/C7H14N2O2.ClH/c1-6(10)7(11)9-4-3-8(2)5-9;/h3-4,6-7,10-11H,5H2,1-2H3;1H/t6-,7?;/m1./s1. The molecule has 1 aliphatic rings. The molecule has 0 saturated heterocycles. The van der Waals surface area contributed by atoms with Crippen LogP contribution in [0.2, 0.25) is 0 Å². The molecule has 72 valence electrons. The lowest BCUT2D eigenvalue weighted by molar-refractivity contribution is -0.0582. The van der Waals surface area contributed by atoms with Crippen molar-refractivity contribution >= 4 is 12.4 Å². The van der Waals surface area contributed by atoms with Crippen molar-refractivity contribution in [1.29, 1.82) is 0 Å². The number of nitrogens with zero attached hydrogens (tertiary/aromatic N) is 2. The Bertz CT molecular complexity index is 163. The van der Waals surface area contributed by atoms with Crippen LogP contribution in [0.25, 0.3) is 0 Å². The molecule has 1 rings (SSSR count). The molecule has 0 aromatic rings. The first-order valence-electron chi connectivity index (χ1n) is 3.61. The summed E-state index contributed by atoms with van der Waals surface area (Å²) in [7, 11) is 1.91. The van der Waals surface area contributed by atoms with E-state index in [9.17, 15) is 5.11 Å². The van der Waals surface area contributed by atoms with E-state index in [2.05, 4.69) is 0 Å². The van der Waals surface area contributed by atoms with Gasteiger partial charge in [0.2, 0.25) is 0 Å². The molecule has 0 fully saturated rings. The van der Waals surface area contributed by atoms with E-state index >= 15 is 0 Å². The van der Waals surface area contributed by atoms with Gasteiger partial charge in [0.05, 0.1) is 12.8 Å². The Kier molecular flexibility index (Phi) is 4.37. The lowest BCUT2D eigenvalue weighted by Crippen LogP contribution is -2.39. The Balaban J connectivity index is 0.00000121. The molecule has 2 atom stereocenters. The highest BCUT2D eigenvalue weighted by atomic mass is 35.5. The van der Waals surface area contributed by atoms with Gasteiger partial charge < -0.3 is 20.0 Å². The first kappa shape index (κ1) is 11.6. The van der Waals surface area contributed by atoms with Crippen LogP contribution in [0.15, 0.2) is 12.4 Å². The third kappa shape index (κ3) is 2.55. The van der Waals surface area contributed by atoms with Crippen LogP contribution in [0.5, 0.6) is 0 Å². The molecule has 12 heavy (non-hydrogen) atoms. The predicted octanol–water partition coefficient (Wildman–Crippen LogP) is -0.217. The van der Waals surface area contributed by atoms with Gasteiger partial charge in [-0.3, -0.25) is 0 Å². The zero-order valence-corrected chi connectivity index (χ0v) is 8.03. The van der Waals surface area contributed by atoms with Crippen molar-refractivity contribution in [3.05, 3.63) is 12.4 Å². The molecule has 0 amide bonds. The SMILES string of the molecule is C[C@@H](O)C(O)N1C=CN(C)C1.Cl. The van der Waals surface area contributed by atoms with E-state index in [1.807, 2.05) is 18.1 Å².